The summed E-state index contributed by atoms with van der Waals surface area (Å²) in [5.41, 5.74) is 3.07. The number of hydrogen-bond donors (Lipinski definition) is 1. The lowest BCUT2D eigenvalue weighted by molar-refractivity contribution is 0.474. The fourth-order valence-corrected chi connectivity index (χ4v) is 3.02. The van der Waals surface area contributed by atoms with Crippen molar-refractivity contribution in [2.45, 2.75) is 0 Å². The number of rotatable bonds is 4. The third-order valence-corrected chi connectivity index (χ3v) is 4.51. The van der Waals surface area contributed by atoms with Crippen LogP contribution in [-0.2, 0) is 0 Å². The van der Waals surface area contributed by atoms with Gasteiger partial charge >= 0.3 is 0 Å². The van der Waals surface area contributed by atoms with Crippen molar-refractivity contribution in [2.75, 3.05) is 0 Å². The SMILES string of the molecule is Oc1cc(Br)ccc1/C=N/c1c(-c2ccccc2)nnn1-c1ccccc1. The van der Waals surface area contributed by atoms with Gasteiger partial charge in [-0.25, -0.2) is 4.99 Å². The standard InChI is InChI=1S/C21H15BrN4O/c22-17-12-11-16(19(27)13-17)14-23-21-20(15-7-3-1-4-8-15)24-25-26(21)18-9-5-2-6-10-18/h1-14,27H/b23-14+. The van der Waals surface area contributed by atoms with E-state index in [0.717, 1.165) is 15.7 Å². The summed E-state index contributed by atoms with van der Waals surface area (Å²) in [7, 11) is 0. The van der Waals surface area contributed by atoms with Crippen LogP contribution < -0.4 is 0 Å². The Morgan fingerprint density at radius 3 is 2.33 bits per heavy atom. The van der Waals surface area contributed by atoms with Crippen LogP contribution in [0, 0.1) is 0 Å². The van der Waals surface area contributed by atoms with Gasteiger partial charge in [0.05, 0.1) is 5.69 Å². The van der Waals surface area contributed by atoms with Crippen LogP contribution in [0.15, 0.2) is 88.3 Å². The second-order valence-electron chi connectivity index (χ2n) is 5.84. The van der Waals surface area contributed by atoms with E-state index in [4.69, 9.17) is 0 Å². The summed E-state index contributed by atoms with van der Waals surface area (Å²) in [4.78, 5) is 4.62. The molecule has 0 aliphatic rings. The third-order valence-electron chi connectivity index (χ3n) is 4.01. The quantitative estimate of drug-likeness (QED) is 0.465. The second-order valence-corrected chi connectivity index (χ2v) is 6.75. The maximum Gasteiger partial charge on any atom is 0.184 e. The zero-order valence-corrected chi connectivity index (χ0v) is 15.8. The van der Waals surface area contributed by atoms with Crippen molar-refractivity contribution in [1.29, 1.82) is 0 Å². The van der Waals surface area contributed by atoms with Crippen LogP contribution >= 0.6 is 15.9 Å². The molecule has 0 aliphatic carbocycles. The number of aromatic nitrogens is 3. The van der Waals surface area contributed by atoms with Gasteiger partial charge in [-0.05, 0) is 30.3 Å². The first-order valence-corrected chi connectivity index (χ1v) is 9.11. The van der Waals surface area contributed by atoms with Crippen molar-refractivity contribution in [2.24, 2.45) is 4.99 Å². The van der Waals surface area contributed by atoms with E-state index < -0.39 is 0 Å². The number of aromatic hydroxyl groups is 1. The predicted molar refractivity (Wildman–Crippen MR) is 110 cm³/mol. The van der Waals surface area contributed by atoms with Crippen LogP contribution in [0.1, 0.15) is 5.56 Å². The topological polar surface area (TPSA) is 63.3 Å². The minimum absolute atomic E-state index is 0.146. The smallest absolute Gasteiger partial charge is 0.184 e. The fourth-order valence-electron chi connectivity index (χ4n) is 2.68. The Hall–Kier alpha value is -3.25. The van der Waals surface area contributed by atoms with Gasteiger partial charge in [0, 0.05) is 21.8 Å². The zero-order chi connectivity index (χ0) is 18.6. The third kappa shape index (κ3) is 3.66. The Kier molecular flexibility index (Phi) is 4.80. The van der Waals surface area contributed by atoms with E-state index in [-0.39, 0.29) is 5.75 Å². The number of hydrogen-bond acceptors (Lipinski definition) is 4. The molecular weight excluding hydrogens is 404 g/mol. The molecule has 0 bridgehead atoms. The van der Waals surface area contributed by atoms with Gasteiger partial charge in [-0.1, -0.05) is 69.7 Å². The molecule has 1 heterocycles. The first-order valence-electron chi connectivity index (χ1n) is 8.31. The predicted octanol–water partition coefficient (Wildman–Crippen LogP) is 5.15. The van der Waals surface area contributed by atoms with Gasteiger partial charge in [0.15, 0.2) is 5.82 Å². The maximum absolute atomic E-state index is 10.1. The number of aliphatic imine (C=N–C) groups is 1. The molecule has 0 radical (unpaired) electrons. The molecule has 132 valence electrons. The van der Waals surface area contributed by atoms with Crippen molar-refractivity contribution in [3.05, 3.63) is 88.9 Å². The van der Waals surface area contributed by atoms with Gasteiger partial charge in [-0.3, -0.25) is 0 Å². The number of para-hydroxylation sites is 1. The van der Waals surface area contributed by atoms with Gasteiger partial charge in [0.2, 0.25) is 0 Å². The highest BCUT2D eigenvalue weighted by Gasteiger charge is 2.15. The molecule has 1 N–H and O–H groups in total. The Balaban J connectivity index is 1.83. The van der Waals surface area contributed by atoms with E-state index in [2.05, 4.69) is 31.2 Å². The largest absolute Gasteiger partial charge is 0.507 e. The molecule has 6 heteroatoms. The summed E-state index contributed by atoms with van der Waals surface area (Å²) >= 11 is 3.34. The monoisotopic (exact) mass is 418 g/mol. The Bertz CT molecular complexity index is 1030. The van der Waals surface area contributed by atoms with Crippen molar-refractivity contribution in [3.63, 3.8) is 0 Å². The van der Waals surface area contributed by atoms with Crippen LogP contribution in [0.5, 0.6) is 5.75 Å². The number of nitrogens with zero attached hydrogens (tertiary/aromatic N) is 4. The first kappa shape index (κ1) is 17.2. The van der Waals surface area contributed by atoms with Gasteiger partial charge in [-0.2, -0.15) is 4.68 Å². The normalized spacial score (nSPS) is 11.1. The van der Waals surface area contributed by atoms with Crippen LogP contribution in [-0.4, -0.2) is 26.3 Å². The molecule has 0 fully saturated rings. The molecule has 3 aromatic carbocycles. The highest BCUT2D eigenvalue weighted by molar-refractivity contribution is 9.10. The highest BCUT2D eigenvalue weighted by Crippen LogP contribution is 2.30. The van der Waals surface area contributed by atoms with Gasteiger partial charge in [-0.15, -0.1) is 5.10 Å². The van der Waals surface area contributed by atoms with Crippen molar-refractivity contribution >= 4 is 28.0 Å². The van der Waals surface area contributed by atoms with Crippen LogP contribution in [0.25, 0.3) is 16.9 Å². The fraction of sp³-hybridized carbons (Fsp3) is 0. The molecule has 5 nitrogen and oxygen atoms in total. The van der Waals surface area contributed by atoms with Gasteiger partial charge in [0.1, 0.15) is 11.4 Å². The van der Waals surface area contributed by atoms with Crippen LogP contribution in [0.4, 0.5) is 5.82 Å². The summed E-state index contributed by atoms with van der Waals surface area (Å²) in [5, 5.41) is 18.8. The maximum atomic E-state index is 10.1. The molecule has 0 atom stereocenters. The number of phenols is 1. The first-order chi connectivity index (χ1) is 13.2. The molecule has 0 spiro atoms. The second kappa shape index (κ2) is 7.55. The molecule has 0 unspecified atom stereocenters. The van der Waals surface area contributed by atoms with E-state index in [9.17, 15) is 5.11 Å². The van der Waals surface area contributed by atoms with E-state index in [1.807, 2.05) is 66.7 Å². The lowest BCUT2D eigenvalue weighted by Crippen LogP contribution is -1.96. The molecule has 27 heavy (non-hydrogen) atoms. The summed E-state index contributed by atoms with van der Waals surface area (Å²) in [5.74, 6) is 0.739. The molecule has 0 amide bonds. The zero-order valence-electron chi connectivity index (χ0n) is 14.2. The van der Waals surface area contributed by atoms with E-state index >= 15 is 0 Å². The number of halogens is 1. The van der Waals surface area contributed by atoms with Crippen molar-refractivity contribution < 1.29 is 5.11 Å². The number of benzene rings is 3. The molecule has 1 aromatic heterocycles. The average molecular weight is 419 g/mol. The summed E-state index contributed by atoms with van der Waals surface area (Å²) in [6.45, 7) is 0. The molecule has 0 aliphatic heterocycles. The Morgan fingerprint density at radius 2 is 1.63 bits per heavy atom. The van der Waals surface area contributed by atoms with Crippen molar-refractivity contribution in [1.82, 2.24) is 15.0 Å². The lowest BCUT2D eigenvalue weighted by Gasteiger charge is -2.05. The van der Waals surface area contributed by atoms with Gasteiger partial charge < -0.3 is 5.11 Å². The summed E-state index contributed by atoms with van der Waals surface area (Å²) < 4.78 is 2.49. The minimum Gasteiger partial charge on any atom is -0.507 e. The van der Waals surface area contributed by atoms with Crippen molar-refractivity contribution in [3.8, 4) is 22.7 Å². The number of phenolic OH excluding ortho intramolecular Hbond substituents is 1. The Morgan fingerprint density at radius 1 is 0.926 bits per heavy atom. The Labute approximate surface area is 164 Å². The molecule has 4 rings (SSSR count). The molecular formula is C21H15BrN4O. The summed E-state index contributed by atoms with van der Waals surface area (Å²) in [6.07, 6.45) is 1.62. The van der Waals surface area contributed by atoms with E-state index in [1.165, 1.54) is 0 Å². The van der Waals surface area contributed by atoms with Crippen LogP contribution in [0.2, 0.25) is 0 Å². The van der Waals surface area contributed by atoms with E-state index in [1.54, 1.807) is 23.0 Å². The highest BCUT2D eigenvalue weighted by atomic mass is 79.9. The van der Waals surface area contributed by atoms with E-state index in [0.29, 0.717) is 17.1 Å². The van der Waals surface area contributed by atoms with Crippen LogP contribution in [0.3, 0.4) is 0 Å². The molecule has 0 saturated heterocycles. The summed E-state index contributed by atoms with van der Waals surface area (Å²) in [6, 6.07) is 24.8. The van der Waals surface area contributed by atoms with Gasteiger partial charge in [0.25, 0.3) is 0 Å². The minimum atomic E-state index is 0.146. The molecule has 4 aromatic rings. The lowest BCUT2D eigenvalue weighted by atomic mass is 10.1. The average Bonchev–Trinajstić information content (AvgIpc) is 3.12. The molecule has 0 saturated carbocycles.